The normalized spacial score (nSPS) is 19.7. The molecule has 0 aliphatic carbocycles. The van der Waals surface area contributed by atoms with E-state index in [4.69, 9.17) is 0 Å². The van der Waals surface area contributed by atoms with Crippen LogP contribution in [0.4, 0.5) is 26.0 Å². The van der Waals surface area contributed by atoms with Gasteiger partial charge in [-0.15, -0.1) is 0 Å². The van der Waals surface area contributed by atoms with E-state index in [0.717, 1.165) is 18.8 Å². The van der Waals surface area contributed by atoms with Gasteiger partial charge >= 0.3 is 0 Å². The molecule has 10 heteroatoms. The fourth-order valence-electron chi connectivity index (χ4n) is 4.16. The first-order valence-corrected chi connectivity index (χ1v) is 9.85. The highest BCUT2D eigenvalue weighted by atomic mass is 19.1. The van der Waals surface area contributed by atoms with Crippen molar-refractivity contribution in [1.82, 2.24) is 30.1 Å². The minimum absolute atomic E-state index is 0.139. The number of anilines is 3. The van der Waals surface area contributed by atoms with Gasteiger partial charge in [-0.3, -0.25) is 5.10 Å². The van der Waals surface area contributed by atoms with E-state index in [1.807, 2.05) is 6.07 Å². The largest absolute Gasteiger partial charge is 0.368 e. The Bertz CT molecular complexity index is 1240. The molecule has 0 amide bonds. The molecule has 0 bridgehead atoms. The first kappa shape index (κ1) is 18.7. The number of rotatable bonds is 3. The van der Waals surface area contributed by atoms with E-state index in [0.29, 0.717) is 34.5 Å². The highest BCUT2D eigenvalue weighted by Crippen LogP contribution is 2.31. The zero-order chi connectivity index (χ0) is 21.0. The molecule has 3 aromatic heterocycles. The molecule has 3 N–H and O–H groups in total. The average Bonchev–Trinajstić information content (AvgIpc) is 3.24. The van der Waals surface area contributed by atoms with E-state index in [1.165, 1.54) is 16.6 Å². The maximum atomic E-state index is 15.1. The third kappa shape index (κ3) is 3.22. The summed E-state index contributed by atoms with van der Waals surface area (Å²) in [5.41, 5.74) is 1.91. The molecular weight excluding hydrogens is 390 g/mol. The van der Waals surface area contributed by atoms with Crippen molar-refractivity contribution in [2.45, 2.75) is 32.9 Å². The van der Waals surface area contributed by atoms with E-state index in [-0.39, 0.29) is 11.5 Å². The Morgan fingerprint density at radius 1 is 1.10 bits per heavy atom. The Labute approximate surface area is 171 Å². The smallest absolute Gasteiger partial charge is 0.191 e. The van der Waals surface area contributed by atoms with Gasteiger partial charge in [0, 0.05) is 36.9 Å². The maximum Gasteiger partial charge on any atom is 0.191 e. The second-order valence-corrected chi connectivity index (χ2v) is 7.93. The Kier molecular flexibility index (Phi) is 4.31. The lowest BCUT2D eigenvalue weighted by atomic mass is 10.1. The van der Waals surface area contributed by atoms with Gasteiger partial charge in [-0.1, -0.05) is 0 Å². The zero-order valence-corrected chi connectivity index (χ0v) is 16.9. The summed E-state index contributed by atoms with van der Waals surface area (Å²) in [5.74, 6) is -0.168. The Morgan fingerprint density at radius 2 is 1.87 bits per heavy atom. The molecule has 5 rings (SSSR count). The Morgan fingerprint density at radius 3 is 2.63 bits per heavy atom. The quantitative estimate of drug-likeness (QED) is 0.479. The lowest BCUT2D eigenvalue weighted by molar-refractivity contribution is 0.407. The molecule has 4 aromatic rings. The molecule has 8 nitrogen and oxygen atoms in total. The van der Waals surface area contributed by atoms with Crippen molar-refractivity contribution in [3.8, 4) is 0 Å². The van der Waals surface area contributed by atoms with Crippen LogP contribution in [0.3, 0.4) is 0 Å². The van der Waals surface area contributed by atoms with Crippen molar-refractivity contribution < 1.29 is 8.78 Å². The van der Waals surface area contributed by atoms with Crippen molar-refractivity contribution in [3.05, 3.63) is 41.9 Å². The van der Waals surface area contributed by atoms with Gasteiger partial charge in [0.2, 0.25) is 0 Å². The topological polar surface area (TPSA) is 86.2 Å². The van der Waals surface area contributed by atoms with E-state index in [2.05, 4.69) is 49.7 Å². The highest BCUT2D eigenvalue weighted by molar-refractivity contribution is 5.94. The van der Waals surface area contributed by atoms with Crippen molar-refractivity contribution in [3.63, 3.8) is 0 Å². The number of halogens is 2. The lowest BCUT2D eigenvalue weighted by Gasteiger charge is -2.37. The van der Waals surface area contributed by atoms with E-state index in [9.17, 15) is 4.39 Å². The Balaban J connectivity index is 1.49. The second kappa shape index (κ2) is 6.91. The van der Waals surface area contributed by atoms with Crippen molar-refractivity contribution in [1.29, 1.82) is 0 Å². The molecular formula is C20H22F2N8. The first-order valence-electron chi connectivity index (χ1n) is 9.85. The third-order valence-electron chi connectivity index (χ3n) is 5.28. The van der Waals surface area contributed by atoms with Crippen molar-refractivity contribution in [2.24, 2.45) is 0 Å². The summed E-state index contributed by atoms with van der Waals surface area (Å²) < 4.78 is 30.8. The number of aromatic amines is 1. The number of benzene rings is 1. The van der Waals surface area contributed by atoms with Gasteiger partial charge in [-0.2, -0.15) is 10.2 Å². The molecule has 0 unspecified atom stereocenters. The monoisotopic (exact) mass is 412 g/mol. The molecule has 0 saturated carbocycles. The molecule has 1 fully saturated rings. The van der Waals surface area contributed by atoms with Crippen LogP contribution in [-0.2, 0) is 0 Å². The minimum atomic E-state index is -0.523. The van der Waals surface area contributed by atoms with Crippen LogP contribution in [0.25, 0.3) is 16.6 Å². The van der Waals surface area contributed by atoms with Crippen molar-refractivity contribution in [2.75, 3.05) is 23.3 Å². The number of pyridine rings is 1. The predicted octanol–water partition coefficient (Wildman–Crippen LogP) is 3.12. The third-order valence-corrected chi connectivity index (χ3v) is 5.28. The summed E-state index contributed by atoms with van der Waals surface area (Å²) in [4.78, 5) is 6.20. The lowest BCUT2D eigenvalue weighted by Crippen LogP contribution is -2.54. The van der Waals surface area contributed by atoms with Gasteiger partial charge in [0.05, 0.1) is 22.8 Å². The van der Waals surface area contributed by atoms with Crippen LogP contribution in [0.2, 0.25) is 0 Å². The fourth-order valence-corrected chi connectivity index (χ4v) is 4.16. The molecule has 0 spiro atoms. The van der Waals surface area contributed by atoms with Crippen LogP contribution in [0.5, 0.6) is 0 Å². The van der Waals surface area contributed by atoms with Crippen LogP contribution < -0.4 is 15.5 Å². The number of hydrogen-bond acceptors (Lipinski definition) is 6. The molecule has 2 atom stereocenters. The molecule has 1 aliphatic rings. The van der Waals surface area contributed by atoms with Gasteiger partial charge < -0.3 is 15.5 Å². The van der Waals surface area contributed by atoms with Crippen LogP contribution >= 0.6 is 0 Å². The summed E-state index contributed by atoms with van der Waals surface area (Å²) in [7, 11) is 0. The van der Waals surface area contributed by atoms with Gasteiger partial charge in [0.1, 0.15) is 11.6 Å². The standard InChI is InChI=1S/C20H22F2N8/c1-10-7-29(8-11(2)23-10)14-5-15(21)18-17(6-14)26-27-19(18)25-13-4-16(22)20-24-12(3)28-30(20)9-13/h4-6,9-11,23H,7-8H2,1-3H3,(H2,25,26,27)/t10-,11-/m0/s1. The SMILES string of the molecule is Cc1nc2c(F)cc(Nc3n[nH]c4cc(N5C[C@H](C)N[C@@H](C)C5)cc(F)c34)cn2n1. The van der Waals surface area contributed by atoms with E-state index in [1.54, 1.807) is 13.1 Å². The number of H-pyrrole nitrogens is 1. The number of aryl methyl sites for hydroxylation is 1. The maximum absolute atomic E-state index is 15.1. The molecule has 0 radical (unpaired) electrons. The Hall–Kier alpha value is -3.27. The second-order valence-electron chi connectivity index (χ2n) is 7.93. The predicted molar refractivity (Wildman–Crippen MR) is 111 cm³/mol. The number of piperazine rings is 1. The summed E-state index contributed by atoms with van der Waals surface area (Å²) in [6, 6.07) is 5.35. The first-order chi connectivity index (χ1) is 14.4. The molecule has 1 saturated heterocycles. The summed E-state index contributed by atoms with van der Waals surface area (Å²) in [5, 5.41) is 18.0. The van der Waals surface area contributed by atoms with Gasteiger partial charge in [-0.05, 0) is 32.9 Å². The van der Waals surface area contributed by atoms with Crippen LogP contribution in [0, 0.1) is 18.6 Å². The summed E-state index contributed by atoms with van der Waals surface area (Å²) in [6.45, 7) is 7.51. The van der Waals surface area contributed by atoms with Crippen LogP contribution in [0.1, 0.15) is 19.7 Å². The molecule has 30 heavy (non-hydrogen) atoms. The van der Waals surface area contributed by atoms with Gasteiger partial charge in [-0.25, -0.2) is 18.3 Å². The number of fused-ring (bicyclic) bond motifs is 2. The summed E-state index contributed by atoms with van der Waals surface area (Å²) in [6.07, 6.45) is 1.59. The van der Waals surface area contributed by atoms with Crippen LogP contribution in [-0.4, -0.2) is 50.0 Å². The minimum Gasteiger partial charge on any atom is -0.368 e. The van der Waals surface area contributed by atoms with Gasteiger partial charge in [0.25, 0.3) is 0 Å². The molecule has 156 valence electrons. The van der Waals surface area contributed by atoms with E-state index >= 15 is 4.39 Å². The molecule has 1 aromatic carbocycles. The highest BCUT2D eigenvalue weighted by Gasteiger charge is 2.23. The van der Waals surface area contributed by atoms with E-state index < -0.39 is 11.6 Å². The summed E-state index contributed by atoms with van der Waals surface area (Å²) >= 11 is 0. The van der Waals surface area contributed by atoms with Crippen LogP contribution in [0.15, 0.2) is 24.4 Å². The van der Waals surface area contributed by atoms with Crippen molar-refractivity contribution >= 4 is 33.7 Å². The molecule has 1 aliphatic heterocycles. The number of hydrogen-bond donors (Lipinski definition) is 3. The number of nitrogens with one attached hydrogen (secondary N) is 3. The fraction of sp³-hybridized carbons (Fsp3) is 0.350. The number of nitrogens with zero attached hydrogens (tertiary/aromatic N) is 5. The number of aromatic nitrogens is 5. The van der Waals surface area contributed by atoms with Gasteiger partial charge in [0.15, 0.2) is 17.3 Å². The molecule has 4 heterocycles. The zero-order valence-electron chi connectivity index (χ0n) is 16.9. The average molecular weight is 412 g/mol.